The second kappa shape index (κ2) is 16.1. The molecular formula is C39H46N2Ti+2. The molecule has 0 bridgehead atoms. The first-order chi connectivity index (χ1) is 19.9. The van der Waals surface area contributed by atoms with Crippen molar-refractivity contribution < 1.29 is 21.7 Å². The molecule has 4 fully saturated rings. The molecule has 2 saturated heterocycles. The number of hydrogen-bond donors (Lipinski definition) is 0. The third kappa shape index (κ3) is 9.34. The van der Waals surface area contributed by atoms with E-state index in [1.165, 1.54) is 93.2 Å². The molecule has 7 rings (SSSR count). The maximum Gasteiger partial charge on any atom is 4.00 e. The number of nitrogens with zero attached hydrogens (tertiary/aromatic N) is 2. The SMILES string of the molecule is [CH2-][C@H]([CH-]c1ccccc1)C(C)(C)C.[CH]1[C]2C=CC=C[C]2[CH][C]1N1CCCC1.[CH]1[C]2C=CC=C[C]2[CH][C]1N1CCCC1.[Ti+4]. The van der Waals surface area contributed by atoms with E-state index >= 15 is 0 Å². The van der Waals surface area contributed by atoms with E-state index in [-0.39, 0.29) is 27.1 Å². The minimum atomic E-state index is 0. The Morgan fingerprint density at radius 1 is 0.619 bits per heavy atom. The van der Waals surface area contributed by atoms with Crippen molar-refractivity contribution in [3.63, 3.8) is 0 Å². The Bertz CT molecular complexity index is 942. The second-order valence-electron chi connectivity index (χ2n) is 12.6. The van der Waals surface area contributed by atoms with Gasteiger partial charge in [0, 0.05) is 35.8 Å². The summed E-state index contributed by atoms with van der Waals surface area (Å²) in [5.74, 6) is 5.84. The van der Waals surface area contributed by atoms with Gasteiger partial charge < -0.3 is 6.92 Å². The Morgan fingerprint density at radius 2 is 0.976 bits per heavy atom. The fourth-order valence-electron chi connectivity index (χ4n) is 5.63. The Kier molecular flexibility index (Phi) is 12.9. The molecule has 0 amide bonds. The van der Waals surface area contributed by atoms with Crippen molar-refractivity contribution in [3.8, 4) is 0 Å². The van der Waals surface area contributed by atoms with Gasteiger partial charge in [0.1, 0.15) is 0 Å². The largest absolute Gasteiger partial charge is 4.00 e. The molecule has 1 aromatic rings. The van der Waals surface area contributed by atoms with Crippen molar-refractivity contribution in [2.24, 2.45) is 11.3 Å². The zero-order valence-corrected chi connectivity index (χ0v) is 27.3. The zero-order valence-electron chi connectivity index (χ0n) is 25.7. The van der Waals surface area contributed by atoms with E-state index in [0.29, 0.717) is 5.92 Å². The summed E-state index contributed by atoms with van der Waals surface area (Å²) in [4.78, 5) is 4.97. The molecule has 2 saturated carbocycles. The summed E-state index contributed by atoms with van der Waals surface area (Å²) in [5.41, 5.74) is 1.51. The standard InChI is InChI=1S/2C13H14N.C13H18.Ti/c2*1-2-6-12-10-13(9-11(12)5-1)14-7-3-4-8-14;1-11(13(2,3)4)10-12-8-6-5-7-9-12;/h2*1-2,5-6,9-10H,3-4,7-8H2;5-11H,1H2,2-4H3;/q;;-2;+4/t;;11-;/m..1./s1. The Labute approximate surface area is 273 Å². The number of allylic oxidation sites excluding steroid dienone is 8. The molecule has 2 heterocycles. The average molecular weight is 591 g/mol. The third-order valence-corrected chi connectivity index (χ3v) is 8.45. The Balaban J connectivity index is 0.000000143. The van der Waals surface area contributed by atoms with E-state index in [9.17, 15) is 0 Å². The van der Waals surface area contributed by atoms with Crippen molar-refractivity contribution >= 4 is 0 Å². The quantitative estimate of drug-likeness (QED) is 0.257. The van der Waals surface area contributed by atoms with Gasteiger partial charge in [0.25, 0.3) is 0 Å². The summed E-state index contributed by atoms with van der Waals surface area (Å²) in [7, 11) is 0. The summed E-state index contributed by atoms with van der Waals surface area (Å²) in [6.07, 6.45) is 34.0. The first kappa shape index (κ1) is 33.6. The summed E-state index contributed by atoms with van der Waals surface area (Å²) >= 11 is 0. The van der Waals surface area contributed by atoms with E-state index in [0.717, 1.165) is 0 Å². The molecule has 0 unspecified atom stereocenters. The van der Waals surface area contributed by atoms with Crippen LogP contribution in [0.1, 0.15) is 52.0 Å². The molecule has 0 spiro atoms. The van der Waals surface area contributed by atoms with Crippen LogP contribution in [0.25, 0.3) is 0 Å². The van der Waals surface area contributed by atoms with Gasteiger partial charge in [-0.15, -0.1) is 12.1 Å². The van der Waals surface area contributed by atoms with Crippen molar-refractivity contribution in [1.29, 1.82) is 0 Å². The van der Waals surface area contributed by atoms with Crippen LogP contribution in [0.3, 0.4) is 0 Å². The van der Waals surface area contributed by atoms with Crippen LogP contribution in [0.2, 0.25) is 0 Å². The molecule has 10 radical (unpaired) electrons. The molecule has 1 aromatic carbocycles. The maximum absolute atomic E-state index is 4.15. The van der Waals surface area contributed by atoms with Crippen molar-refractivity contribution in [2.45, 2.75) is 46.5 Å². The van der Waals surface area contributed by atoms with Gasteiger partial charge in [0.15, 0.2) is 0 Å². The molecule has 6 aliphatic rings. The van der Waals surface area contributed by atoms with E-state index in [2.05, 4.69) is 142 Å². The van der Waals surface area contributed by atoms with Gasteiger partial charge in [0.05, 0.1) is 0 Å². The predicted octanol–water partition coefficient (Wildman–Crippen LogP) is 8.36. The second-order valence-corrected chi connectivity index (χ2v) is 12.6. The van der Waals surface area contributed by atoms with E-state index in [1.54, 1.807) is 0 Å². The van der Waals surface area contributed by atoms with Gasteiger partial charge in [-0.25, -0.2) is 6.42 Å². The molecule has 0 aromatic heterocycles. The van der Waals surface area contributed by atoms with Crippen molar-refractivity contribution in [1.82, 2.24) is 9.80 Å². The minimum absolute atomic E-state index is 0. The summed E-state index contributed by atoms with van der Waals surface area (Å²) in [6, 6.07) is 13.2. The fourth-order valence-corrected chi connectivity index (χ4v) is 5.63. The number of fused-ring (bicyclic) bond motifs is 2. The predicted molar refractivity (Wildman–Crippen MR) is 173 cm³/mol. The van der Waals surface area contributed by atoms with Gasteiger partial charge in [-0.3, -0.25) is 9.80 Å². The topological polar surface area (TPSA) is 6.48 Å². The monoisotopic (exact) mass is 590 g/mol. The van der Waals surface area contributed by atoms with Crippen molar-refractivity contribution in [3.05, 3.63) is 159 Å². The average Bonchev–Trinajstić information content (AvgIpc) is 3.80. The third-order valence-electron chi connectivity index (χ3n) is 8.45. The van der Waals surface area contributed by atoms with Crippen LogP contribution in [0.15, 0.2) is 78.9 Å². The smallest absolute Gasteiger partial charge is 0.347 e. The first-order valence-corrected chi connectivity index (χ1v) is 15.4. The van der Waals surface area contributed by atoms with Crippen LogP contribution in [0.5, 0.6) is 0 Å². The molecule has 2 nitrogen and oxygen atoms in total. The maximum atomic E-state index is 4.15. The number of rotatable bonds is 4. The van der Waals surface area contributed by atoms with Crippen LogP contribution < -0.4 is 0 Å². The number of benzene rings is 1. The van der Waals surface area contributed by atoms with E-state index in [4.69, 9.17) is 0 Å². The molecule has 4 aliphatic carbocycles. The van der Waals surface area contributed by atoms with E-state index in [1.807, 2.05) is 6.07 Å². The van der Waals surface area contributed by atoms with Gasteiger partial charge in [-0.1, -0.05) is 80.9 Å². The molecule has 0 N–H and O–H groups in total. The number of hydrogen-bond acceptors (Lipinski definition) is 2. The van der Waals surface area contributed by atoms with Crippen LogP contribution in [-0.2, 0) is 21.7 Å². The van der Waals surface area contributed by atoms with Crippen LogP contribution in [0.4, 0.5) is 0 Å². The summed E-state index contributed by atoms with van der Waals surface area (Å²) < 4.78 is 0. The first-order valence-electron chi connectivity index (χ1n) is 15.4. The van der Waals surface area contributed by atoms with E-state index < -0.39 is 0 Å². The Hall–Kier alpha value is -1.32. The van der Waals surface area contributed by atoms with Gasteiger partial charge in [0.2, 0.25) is 0 Å². The van der Waals surface area contributed by atoms with Crippen molar-refractivity contribution in [2.75, 3.05) is 26.2 Å². The summed E-state index contributed by atoms with van der Waals surface area (Å²) in [6.45, 7) is 15.7. The molecule has 214 valence electrons. The van der Waals surface area contributed by atoms with Crippen LogP contribution >= 0.6 is 0 Å². The molecular weight excluding hydrogens is 544 g/mol. The van der Waals surface area contributed by atoms with Gasteiger partial charge in [-0.05, 0) is 77.5 Å². The minimum Gasteiger partial charge on any atom is -0.347 e. The van der Waals surface area contributed by atoms with Gasteiger partial charge in [-0.2, -0.15) is 23.6 Å². The van der Waals surface area contributed by atoms with Gasteiger partial charge >= 0.3 is 21.7 Å². The summed E-state index contributed by atoms with van der Waals surface area (Å²) in [5, 5.41) is 0. The zero-order chi connectivity index (χ0) is 28.7. The normalized spacial score (nSPS) is 24.5. The molecule has 42 heavy (non-hydrogen) atoms. The molecule has 2 aliphatic heterocycles. The Morgan fingerprint density at radius 3 is 1.31 bits per heavy atom. The van der Waals surface area contributed by atoms with Crippen LogP contribution in [0, 0.1) is 86.1 Å². The molecule has 3 heteroatoms. The van der Waals surface area contributed by atoms with Crippen LogP contribution in [-0.4, -0.2) is 36.0 Å². The number of likely N-dealkylation sites (tertiary alicyclic amines) is 2. The fraction of sp³-hybridized carbons (Fsp3) is 0.333. The molecule has 1 atom stereocenters.